The van der Waals surface area contributed by atoms with Gasteiger partial charge in [0.15, 0.2) is 4.90 Å². The van der Waals surface area contributed by atoms with Crippen LogP contribution in [0.5, 0.6) is 0 Å². The summed E-state index contributed by atoms with van der Waals surface area (Å²) in [5, 5.41) is 10.5. The van der Waals surface area contributed by atoms with E-state index in [1.807, 2.05) is 36.4 Å². The minimum atomic E-state index is -1.10. The van der Waals surface area contributed by atoms with Crippen molar-refractivity contribution < 1.29 is 14.1 Å². The van der Waals surface area contributed by atoms with Gasteiger partial charge >= 0.3 is 6.09 Å². The number of piperazine rings is 1. The van der Waals surface area contributed by atoms with Crippen molar-refractivity contribution >= 4 is 60.2 Å². The first kappa shape index (κ1) is 22.5. The SMILES string of the molecule is O=C(OCc1cc(Br)cc(Br)c1)N1CCN(CC[S+]([O-])c2ccc3nn[nH]c3c2)CC1. The fourth-order valence-electron chi connectivity index (χ4n) is 3.38. The van der Waals surface area contributed by atoms with Crippen molar-refractivity contribution in [3.8, 4) is 0 Å². The summed E-state index contributed by atoms with van der Waals surface area (Å²) in [6.45, 7) is 3.60. The van der Waals surface area contributed by atoms with Gasteiger partial charge in [-0.1, -0.05) is 37.1 Å². The van der Waals surface area contributed by atoms with Gasteiger partial charge in [-0.3, -0.25) is 10.00 Å². The first-order chi connectivity index (χ1) is 15.0. The molecule has 2 heterocycles. The van der Waals surface area contributed by atoms with Crippen LogP contribution in [-0.4, -0.2) is 74.3 Å². The highest BCUT2D eigenvalue weighted by atomic mass is 79.9. The fourth-order valence-corrected chi connectivity index (χ4v) is 5.90. The van der Waals surface area contributed by atoms with Crippen molar-refractivity contribution in [2.45, 2.75) is 11.5 Å². The van der Waals surface area contributed by atoms with Crippen LogP contribution in [0.1, 0.15) is 5.56 Å². The zero-order chi connectivity index (χ0) is 21.8. The first-order valence-corrected chi connectivity index (χ1v) is 12.7. The molecule has 0 radical (unpaired) electrons. The molecule has 0 spiro atoms. The van der Waals surface area contributed by atoms with Crippen molar-refractivity contribution in [3.63, 3.8) is 0 Å². The number of benzene rings is 2. The Labute approximate surface area is 199 Å². The molecule has 1 atom stereocenters. The molecule has 1 N–H and O–H groups in total. The van der Waals surface area contributed by atoms with Crippen LogP contribution in [0, 0.1) is 0 Å². The van der Waals surface area contributed by atoms with Crippen LogP contribution < -0.4 is 0 Å². The van der Waals surface area contributed by atoms with Gasteiger partial charge in [-0.25, -0.2) is 4.79 Å². The number of H-pyrrole nitrogens is 1. The molecule has 11 heteroatoms. The molecule has 4 rings (SSSR count). The molecular formula is C20H21Br2N5O3S. The number of hydrogen-bond acceptors (Lipinski definition) is 6. The van der Waals surface area contributed by atoms with E-state index in [1.165, 1.54) is 0 Å². The molecule has 8 nitrogen and oxygen atoms in total. The molecule has 3 aromatic rings. The predicted molar refractivity (Wildman–Crippen MR) is 125 cm³/mol. The van der Waals surface area contributed by atoms with Crippen LogP contribution in [0.4, 0.5) is 4.79 Å². The fraction of sp³-hybridized carbons (Fsp3) is 0.350. The lowest BCUT2D eigenvalue weighted by Crippen LogP contribution is -2.49. The maximum absolute atomic E-state index is 12.6. The predicted octanol–water partition coefficient (Wildman–Crippen LogP) is 3.54. The highest BCUT2D eigenvalue weighted by molar-refractivity contribution is 9.11. The van der Waals surface area contributed by atoms with Crippen LogP contribution in [0.2, 0.25) is 0 Å². The monoisotopic (exact) mass is 569 g/mol. The van der Waals surface area contributed by atoms with Gasteiger partial charge in [0.25, 0.3) is 0 Å². The number of nitrogens with zero attached hydrogens (tertiary/aromatic N) is 4. The Bertz CT molecular complexity index is 1040. The highest BCUT2D eigenvalue weighted by Crippen LogP contribution is 2.21. The van der Waals surface area contributed by atoms with E-state index in [4.69, 9.17) is 4.74 Å². The van der Waals surface area contributed by atoms with E-state index in [9.17, 15) is 9.35 Å². The number of halogens is 2. The molecule has 1 aliphatic heterocycles. The summed E-state index contributed by atoms with van der Waals surface area (Å²) < 4.78 is 20.0. The third kappa shape index (κ3) is 5.98. The summed E-state index contributed by atoms with van der Waals surface area (Å²) in [5.74, 6) is 0.537. The zero-order valence-electron chi connectivity index (χ0n) is 16.6. The molecule has 1 aromatic heterocycles. The Morgan fingerprint density at radius 1 is 1.13 bits per heavy atom. The first-order valence-electron chi connectivity index (χ1n) is 9.76. The van der Waals surface area contributed by atoms with Gasteiger partial charge in [-0.05, 0) is 47.1 Å². The van der Waals surface area contributed by atoms with Crippen LogP contribution in [0.25, 0.3) is 11.0 Å². The Morgan fingerprint density at radius 2 is 1.87 bits per heavy atom. The van der Waals surface area contributed by atoms with Crippen molar-refractivity contribution in [1.29, 1.82) is 0 Å². The number of ether oxygens (including phenoxy) is 1. The Hall–Kier alpha value is -1.66. The molecule has 1 amide bonds. The zero-order valence-corrected chi connectivity index (χ0v) is 20.6. The molecule has 164 valence electrons. The number of aromatic amines is 1. The van der Waals surface area contributed by atoms with Crippen LogP contribution in [0.3, 0.4) is 0 Å². The van der Waals surface area contributed by atoms with Gasteiger partial charge in [0, 0.05) is 47.7 Å². The summed E-state index contributed by atoms with van der Waals surface area (Å²) >= 11 is 5.77. The second-order valence-electron chi connectivity index (χ2n) is 7.20. The van der Waals surface area contributed by atoms with E-state index in [0.717, 1.165) is 43.5 Å². The molecule has 1 saturated heterocycles. The standard InChI is InChI=1S/C20H21Br2N5O3S/c21-15-9-14(10-16(22)11-15)13-30-20(28)27-5-3-26(4-6-27)7-8-31(29)17-1-2-18-19(12-17)24-25-23-18/h1-2,9-12H,3-8,13H2,(H,23,24,25). The van der Waals surface area contributed by atoms with Gasteiger partial charge in [0.1, 0.15) is 17.9 Å². The minimum absolute atomic E-state index is 0.228. The van der Waals surface area contributed by atoms with Crippen molar-refractivity contribution in [2.24, 2.45) is 0 Å². The molecule has 0 saturated carbocycles. The van der Waals surface area contributed by atoms with Crippen LogP contribution in [-0.2, 0) is 22.5 Å². The molecule has 1 aliphatic rings. The average molecular weight is 571 g/mol. The Balaban J connectivity index is 1.20. The minimum Gasteiger partial charge on any atom is -0.611 e. The molecule has 0 bridgehead atoms. The van der Waals surface area contributed by atoms with Crippen LogP contribution in [0.15, 0.2) is 50.2 Å². The lowest BCUT2D eigenvalue weighted by molar-refractivity contribution is 0.0730. The lowest BCUT2D eigenvalue weighted by Gasteiger charge is -2.33. The summed E-state index contributed by atoms with van der Waals surface area (Å²) in [6, 6.07) is 11.3. The molecule has 31 heavy (non-hydrogen) atoms. The molecule has 1 unspecified atom stereocenters. The Morgan fingerprint density at radius 3 is 2.61 bits per heavy atom. The molecule has 2 aromatic carbocycles. The Kier molecular flexibility index (Phi) is 7.49. The second-order valence-corrected chi connectivity index (χ2v) is 10.6. The summed E-state index contributed by atoms with van der Waals surface area (Å²) in [5.41, 5.74) is 2.46. The van der Waals surface area contributed by atoms with Gasteiger partial charge in [-0.2, -0.15) is 0 Å². The molecule has 1 fully saturated rings. The number of hydrogen-bond donors (Lipinski definition) is 1. The number of nitrogens with one attached hydrogen (secondary N) is 1. The second kappa shape index (κ2) is 10.3. The van der Waals surface area contributed by atoms with E-state index < -0.39 is 11.2 Å². The lowest BCUT2D eigenvalue weighted by atomic mass is 10.2. The van der Waals surface area contributed by atoms with Gasteiger partial charge in [0.05, 0.1) is 5.52 Å². The van der Waals surface area contributed by atoms with E-state index in [-0.39, 0.29) is 12.7 Å². The maximum atomic E-state index is 12.6. The van der Waals surface area contributed by atoms with Gasteiger partial charge < -0.3 is 14.2 Å². The van der Waals surface area contributed by atoms with E-state index >= 15 is 0 Å². The van der Waals surface area contributed by atoms with Crippen molar-refractivity contribution in [2.75, 3.05) is 38.5 Å². The smallest absolute Gasteiger partial charge is 0.410 e. The van der Waals surface area contributed by atoms with Crippen molar-refractivity contribution in [3.05, 3.63) is 50.9 Å². The third-order valence-electron chi connectivity index (χ3n) is 5.07. The number of fused-ring (bicyclic) bond motifs is 1. The van der Waals surface area contributed by atoms with Gasteiger partial charge in [0.2, 0.25) is 0 Å². The number of aromatic nitrogens is 3. The van der Waals surface area contributed by atoms with Gasteiger partial charge in [-0.15, -0.1) is 5.10 Å². The number of carbonyl (C=O) groups excluding carboxylic acids is 1. The summed E-state index contributed by atoms with van der Waals surface area (Å²) in [7, 11) is 0. The number of rotatable bonds is 6. The quantitative estimate of drug-likeness (QED) is 0.455. The maximum Gasteiger partial charge on any atom is 0.410 e. The summed E-state index contributed by atoms with van der Waals surface area (Å²) in [4.78, 5) is 17.1. The normalized spacial score (nSPS) is 15.9. The van der Waals surface area contributed by atoms with Crippen molar-refractivity contribution in [1.82, 2.24) is 25.2 Å². The molecular weight excluding hydrogens is 550 g/mol. The molecule has 0 aliphatic carbocycles. The highest BCUT2D eigenvalue weighted by Gasteiger charge is 2.23. The van der Waals surface area contributed by atoms with E-state index in [0.29, 0.717) is 25.4 Å². The van der Waals surface area contributed by atoms with E-state index in [2.05, 4.69) is 52.2 Å². The number of amides is 1. The third-order valence-corrected chi connectivity index (χ3v) is 7.32. The van der Waals surface area contributed by atoms with E-state index in [1.54, 1.807) is 4.90 Å². The van der Waals surface area contributed by atoms with Crippen LogP contribution >= 0.6 is 31.9 Å². The topological polar surface area (TPSA) is 97.4 Å². The largest absolute Gasteiger partial charge is 0.611 e. The number of carbonyl (C=O) groups is 1. The average Bonchev–Trinajstić information content (AvgIpc) is 3.23. The summed E-state index contributed by atoms with van der Waals surface area (Å²) in [6.07, 6.45) is -0.305.